The maximum Gasteiger partial charge on any atom is 0.0485 e. The largest absolute Gasteiger partial charge is 0.345 e. The van der Waals surface area contributed by atoms with E-state index in [4.69, 9.17) is 0 Å². The van der Waals surface area contributed by atoms with E-state index in [1.807, 2.05) is 0 Å². The third kappa shape index (κ3) is 1.22. The second-order valence-electron chi connectivity index (χ2n) is 4.11. The topological polar surface area (TPSA) is 4.93 Å². The van der Waals surface area contributed by atoms with Crippen molar-refractivity contribution in [3.05, 3.63) is 41.9 Å². The summed E-state index contributed by atoms with van der Waals surface area (Å²) in [4.78, 5) is 0. The van der Waals surface area contributed by atoms with Gasteiger partial charge in [-0.1, -0.05) is 18.2 Å². The first-order valence-corrected chi connectivity index (χ1v) is 5.71. The normalized spacial score (nSPS) is 15.5. The third-order valence-corrected chi connectivity index (χ3v) is 3.35. The molecule has 3 rings (SSSR count). The first-order chi connectivity index (χ1) is 7.42. The molecule has 15 heavy (non-hydrogen) atoms. The fourth-order valence-electron chi connectivity index (χ4n) is 2.69. The molecule has 1 nitrogen and oxygen atoms in total. The molecule has 0 N–H and O–H groups in total. The molecular weight excluding hydrogens is 182 g/mol. The van der Waals surface area contributed by atoms with Crippen molar-refractivity contribution in [2.75, 3.05) is 0 Å². The second kappa shape index (κ2) is 3.41. The molecule has 1 aliphatic carbocycles. The van der Waals surface area contributed by atoms with Crippen LogP contribution < -0.4 is 0 Å². The minimum Gasteiger partial charge on any atom is -0.345 e. The van der Waals surface area contributed by atoms with E-state index in [1.165, 1.54) is 22.2 Å². The number of hydrogen-bond acceptors (Lipinski definition) is 0. The van der Waals surface area contributed by atoms with Gasteiger partial charge in [0.1, 0.15) is 0 Å². The number of nitrogens with zero attached hydrogens (tertiary/aromatic N) is 1. The Morgan fingerprint density at radius 2 is 2.20 bits per heavy atom. The van der Waals surface area contributed by atoms with Crippen molar-refractivity contribution in [3.8, 4) is 0 Å². The molecular formula is C14H15N. The molecule has 2 radical (unpaired) electrons. The molecule has 0 spiro atoms. The maximum atomic E-state index is 3.46. The minimum absolute atomic E-state index is 1.03. The van der Waals surface area contributed by atoms with Crippen molar-refractivity contribution in [2.45, 2.75) is 32.7 Å². The first-order valence-electron chi connectivity index (χ1n) is 5.71. The van der Waals surface area contributed by atoms with Gasteiger partial charge in [-0.15, -0.1) is 0 Å². The van der Waals surface area contributed by atoms with Gasteiger partial charge in [-0.25, -0.2) is 0 Å². The molecule has 1 heteroatoms. The van der Waals surface area contributed by atoms with Gasteiger partial charge in [-0.3, -0.25) is 0 Å². The standard InChI is InChI=1S/C14H15N/c1-2-15-13-9-5-3-7-11(13)12-8-4-6-10-14(12)15/h3,5,7,9H,2,6,8,10H2,1H3. The molecule has 76 valence electrons. The summed E-state index contributed by atoms with van der Waals surface area (Å²) in [5, 5.41) is 1.43. The maximum absolute atomic E-state index is 3.46. The van der Waals surface area contributed by atoms with E-state index in [0.717, 1.165) is 25.8 Å². The summed E-state index contributed by atoms with van der Waals surface area (Å²) in [5.41, 5.74) is 4.45. The first kappa shape index (κ1) is 9.02. The molecule has 0 bridgehead atoms. The number of hydrogen-bond donors (Lipinski definition) is 0. The fraction of sp³-hybridized carbons (Fsp3) is 0.357. The van der Waals surface area contributed by atoms with Crippen molar-refractivity contribution < 1.29 is 0 Å². The Kier molecular flexibility index (Phi) is 2.05. The van der Waals surface area contributed by atoms with Crippen LogP contribution in [-0.4, -0.2) is 4.57 Å². The highest BCUT2D eigenvalue weighted by atomic mass is 15.0. The van der Waals surface area contributed by atoms with Crippen molar-refractivity contribution in [2.24, 2.45) is 0 Å². The van der Waals surface area contributed by atoms with Crippen LogP contribution in [0.3, 0.4) is 0 Å². The van der Waals surface area contributed by atoms with E-state index in [1.54, 1.807) is 0 Å². The van der Waals surface area contributed by atoms with Gasteiger partial charge in [-0.2, -0.15) is 0 Å². The molecule has 0 amide bonds. The van der Waals surface area contributed by atoms with E-state index in [-0.39, 0.29) is 0 Å². The van der Waals surface area contributed by atoms with Crippen LogP contribution in [0.2, 0.25) is 0 Å². The number of fused-ring (bicyclic) bond motifs is 3. The van der Waals surface area contributed by atoms with Gasteiger partial charge in [0.2, 0.25) is 0 Å². The van der Waals surface area contributed by atoms with Gasteiger partial charge < -0.3 is 4.57 Å². The summed E-state index contributed by atoms with van der Waals surface area (Å²) in [6, 6.07) is 8.75. The van der Waals surface area contributed by atoms with Gasteiger partial charge in [0, 0.05) is 23.1 Å². The average Bonchev–Trinajstić information content (AvgIpc) is 2.63. The SMILES string of the molecule is CCn1c2c(c3ccccc31)C[C]CC2. The number of aromatic nitrogens is 1. The number of rotatable bonds is 1. The molecule has 1 aromatic carbocycles. The predicted molar refractivity (Wildman–Crippen MR) is 62.9 cm³/mol. The zero-order chi connectivity index (χ0) is 10.3. The smallest absolute Gasteiger partial charge is 0.0485 e. The third-order valence-electron chi connectivity index (χ3n) is 3.35. The number of para-hydroxylation sites is 1. The summed E-state index contributed by atoms with van der Waals surface area (Å²) in [6.45, 7) is 3.31. The van der Waals surface area contributed by atoms with Gasteiger partial charge in [-0.05, 0) is 44.2 Å². The molecule has 0 saturated carbocycles. The van der Waals surface area contributed by atoms with Crippen LogP contribution >= 0.6 is 0 Å². The average molecular weight is 197 g/mol. The van der Waals surface area contributed by atoms with Gasteiger partial charge in [0.05, 0.1) is 0 Å². The molecule has 1 aromatic heterocycles. The Morgan fingerprint density at radius 1 is 1.33 bits per heavy atom. The van der Waals surface area contributed by atoms with E-state index >= 15 is 0 Å². The van der Waals surface area contributed by atoms with Crippen molar-refractivity contribution in [1.29, 1.82) is 0 Å². The quantitative estimate of drug-likeness (QED) is 0.661. The number of benzene rings is 1. The van der Waals surface area contributed by atoms with Crippen LogP contribution in [-0.2, 0) is 19.4 Å². The Bertz CT molecular complexity index is 460. The monoisotopic (exact) mass is 197 g/mol. The summed E-state index contributed by atoms with van der Waals surface area (Å²) < 4.78 is 2.46. The van der Waals surface area contributed by atoms with Crippen molar-refractivity contribution in [1.82, 2.24) is 4.57 Å². The minimum atomic E-state index is 1.03. The van der Waals surface area contributed by atoms with E-state index in [2.05, 4.69) is 42.2 Å². The molecule has 0 saturated heterocycles. The van der Waals surface area contributed by atoms with Gasteiger partial charge >= 0.3 is 0 Å². The molecule has 0 unspecified atom stereocenters. The zero-order valence-corrected chi connectivity index (χ0v) is 9.09. The highest BCUT2D eigenvalue weighted by Crippen LogP contribution is 2.31. The highest BCUT2D eigenvalue weighted by Gasteiger charge is 2.18. The number of aryl methyl sites for hydroxylation is 1. The Balaban J connectivity index is 2.37. The Morgan fingerprint density at radius 3 is 3.07 bits per heavy atom. The molecule has 1 aliphatic rings. The Hall–Kier alpha value is -1.24. The highest BCUT2D eigenvalue weighted by molar-refractivity contribution is 5.86. The lowest BCUT2D eigenvalue weighted by Crippen LogP contribution is -2.07. The lowest BCUT2D eigenvalue weighted by atomic mass is 9.96. The lowest BCUT2D eigenvalue weighted by molar-refractivity contribution is 0.694. The summed E-state index contributed by atoms with van der Waals surface area (Å²) >= 11 is 0. The summed E-state index contributed by atoms with van der Waals surface area (Å²) in [5.74, 6) is 0. The lowest BCUT2D eigenvalue weighted by Gasteiger charge is -2.14. The molecule has 2 aromatic rings. The van der Waals surface area contributed by atoms with E-state index in [0.29, 0.717) is 0 Å². The van der Waals surface area contributed by atoms with Crippen molar-refractivity contribution >= 4 is 10.9 Å². The van der Waals surface area contributed by atoms with Crippen LogP contribution in [0.1, 0.15) is 24.6 Å². The van der Waals surface area contributed by atoms with E-state index < -0.39 is 0 Å². The summed E-state index contributed by atoms with van der Waals surface area (Å²) in [7, 11) is 0. The molecule has 0 aliphatic heterocycles. The van der Waals surface area contributed by atoms with Crippen LogP contribution in [0.5, 0.6) is 0 Å². The molecule has 1 heterocycles. The second-order valence-corrected chi connectivity index (χ2v) is 4.11. The van der Waals surface area contributed by atoms with Crippen LogP contribution in [0.4, 0.5) is 0 Å². The van der Waals surface area contributed by atoms with Crippen LogP contribution in [0, 0.1) is 6.42 Å². The Labute approximate surface area is 90.7 Å². The van der Waals surface area contributed by atoms with Gasteiger partial charge in [0.15, 0.2) is 0 Å². The van der Waals surface area contributed by atoms with Crippen molar-refractivity contribution in [3.63, 3.8) is 0 Å². The molecule has 0 fully saturated rings. The predicted octanol–water partition coefficient (Wildman–Crippen LogP) is 3.23. The fourth-order valence-corrected chi connectivity index (χ4v) is 2.69. The molecule has 0 atom stereocenters. The van der Waals surface area contributed by atoms with Crippen LogP contribution in [0.15, 0.2) is 24.3 Å². The van der Waals surface area contributed by atoms with Gasteiger partial charge in [0.25, 0.3) is 0 Å². The van der Waals surface area contributed by atoms with Crippen LogP contribution in [0.25, 0.3) is 10.9 Å². The zero-order valence-electron chi connectivity index (χ0n) is 9.09. The summed E-state index contributed by atoms with van der Waals surface area (Å²) in [6.07, 6.45) is 6.77. The van der Waals surface area contributed by atoms with E-state index in [9.17, 15) is 0 Å².